The van der Waals surface area contributed by atoms with Crippen molar-refractivity contribution in [3.8, 4) is 5.69 Å². The van der Waals surface area contributed by atoms with E-state index < -0.39 is 11.9 Å². The van der Waals surface area contributed by atoms with Crippen molar-refractivity contribution in [3.63, 3.8) is 0 Å². The maximum absolute atomic E-state index is 13.0. The third-order valence-electron chi connectivity index (χ3n) is 4.63. The van der Waals surface area contributed by atoms with Gasteiger partial charge in [-0.3, -0.25) is 9.59 Å². The van der Waals surface area contributed by atoms with E-state index in [4.69, 9.17) is 5.11 Å². The molecule has 3 rings (SSSR count). The smallest absolute Gasteiger partial charge is 0.308 e. The Morgan fingerprint density at radius 3 is 2.68 bits per heavy atom. The van der Waals surface area contributed by atoms with E-state index in [1.807, 2.05) is 38.1 Å². The van der Waals surface area contributed by atoms with Gasteiger partial charge in [0.2, 0.25) is 0 Å². The highest BCUT2D eigenvalue weighted by Crippen LogP contribution is 2.30. The van der Waals surface area contributed by atoms with Gasteiger partial charge in [-0.1, -0.05) is 19.1 Å². The van der Waals surface area contributed by atoms with Crippen LogP contribution in [0.5, 0.6) is 0 Å². The number of amides is 1. The number of benzene rings is 1. The molecule has 0 radical (unpaired) electrons. The topological polar surface area (TPSA) is 75.4 Å². The highest BCUT2D eigenvalue weighted by Gasteiger charge is 2.36. The van der Waals surface area contributed by atoms with Crippen LogP contribution in [-0.2, 0) is 4.79 Å². The van der Waals surface area contributed by atoms with E-state index in [-0.39, 0.29) is 18.5 Å². The summed E-state index contributed by atoms with van der Waals surface area (Å²) in [6.07, 6.45) is 3.45. The number of rotatable bonds is 6. The summed E-state index contributed by atoms with van der Waals surface area (Å²) in [5.41, 5.74) is 3.33. The summed E-state index contributed by atoms with van der Waals surface area (Å²) in [6.45, 7) is 5.74. The molecule has 1 unspecified atom stereocenters. The lowest BCUT2D eigenvalue weighted by molar-refractivity contribution is -0.141. The zero-order valence-corrected chi connectivity index (χ0v) is 14.8. The molecular weight excluding hydrogens is 318 g/mol. The number of hydrogen-bond acceptors (Lipinski definition) is 3. The molecule has 0 aliphatic heterocycles. The molecule has 2 aromatic rings. The Morgan fingerprint density at radius 2 is 2.08 bits per heavy atom. The second-order valence-corrected chi connectivity index (χ2v) is 6.82. The molecule has 6 nitrogen and oxygen atoms in total. The van der Waals surface area contributed by atoms with Gasteiger partial charge in [-0.2, -0.15) is 5.10 Å². The highest BCUT2D eigenvalue weighted by molar-refractivity contribution is 5.95. The minimum Gasteiger partial charge on any atom is -0.481 e. The van der Waals surface area contributed by atoms with E-state index in [2.05, 4.69) is 5.10 Å². The number of carboxylic acid groups (broad SMARTS) is 1. The Morgan fingerprint density at radius 1 is 1.36 bits per heavy atom. The van der Waals surface area contributed by atoms with Crippen LogP contribution in [0.3, 0.4) is 0 Å². The number of aromatic nitrogens is 2. The van der Waals surface area contributed by atoms with Crippen LogP contribution in [0.15, 0.2) is 30.5 Å². The summed E-state index contributed by atoms with van der Waals surface area (Å²) in [5.74, 6) is -1.60. The average Bonchev–Trinajstić information content (AvgIpc) is 3.33. The molecule has 1 atom stereocenters. The van der Waals surface area contributed by atoms with E-state index in [0.717, 1.165) is 29.8 Å². The first-order chi connectivity index (χ1) is 11.9. The van der Waals surface area contributed by atoms with Gasteiger partial charge in [0.1, 0.15) is 0 Å². The fourth-order valence-corrected chi connectivity index (χ4v) is 2.95. The monoisotopic (exact) mass is 341 g/mol. The van der Waals surface area contributed by atoms with Crippen LogP contribution >= 0.6 is 0 Å². The average molecular weight is 341 g/mol. The molecule has 1 amide bonds. The van der Waals surface area contributed by atoms with Gasteiger partial charge in [-0.05, 0) is 44.4 Å². The van der Waals surface area contributed by atoms with Crippen molar-refractivity contribution in [2.45, 2.75) is 39.7 Å². The number of carbonyl (C=O) groups is 2. The zero-order valence-electron chi connectivity index (χ0n) is 14.8. The summed E-state index contributed by atoms with van der Waals surface area (Å²) >= 11 is 0. The highest BCUT2D eigenvalue weighted by atomic mass is 16.4. The standard InChI is InChI=1S/C19H23N3O3/c1-12-5-4-6-16(9-12)22-14(3)17(10-20-22)18(23)21(15-7-8-15)11-13(2)19(24)25/h4-6,9-10,13,15H,7-8,11H2,1-3H3,(H,24,25). The molecular formula is C19H23N3O3. The Balaban J connectivity index is 1.88. The second-order valence-electron chi connectivity index (χ2n) is 6.82. The Hall–Kier alpha value is -2.63. The SMILES string of the molecule is Cc1cccc(-n2ncc(C(=O)N(CC(C)C(=O)O)C3CC3)c2C)c1. The van der Waals surface area contributed by atoms with E-state index in [1.165, 1.54) is 0 Å². The second kappa shape index (κ2) is 6.70. The minimum atomic E-state index is -0.884. The molecule has 132 valence electrons. The third kappa shape index (κ3) is 3.57. The fourth-order valence-electron chi connectivity index (χ4n) is 2.95. The number of carboxylic acids is 1. The fraction of sp³-hybridized carbons (Fsp3) is 0.421. The molecule has 1 aromatic heterocycles. The van der Waals surface area contributed by atoms with Gasteiger partial charge in [-0.25, -0.2) is 4.68 Å². The molecule has 1 fully saturated rings. The molecule has 1 N–H and O–H groups in total. The molecule has 1 saturated carbocycles. The maximum atomic E-state index is 13.0. The van der Waals surface area contributed by atoms with E-state index in [9.17, 15) is 9.59 Å². The predicted octanol–water partition coefficient (Wildman–Crippen LogP) is 2.81. The number of hydrogen-bond donors (Lipinski definition) is 1. The summed E-state index contributed by atoms with van der Waals surface area (Å²) in [6, 6.07) is 8.08. The van der Waals surface area contributed by atoms with Crippen LogP contribution in [0.4, 0.5) is 0 Å². The maximum Gasteiger partial charge on any atom is 0.308 e. The van der Waals surface area contributed by atoms with Gasteiger partial charge in [0.15, 0.2) is 0 Å². The minimum absolute atomic E-state index is 0.132. The van der Waals surface area contributed by atoms with Crippen LogP contribution < -0.4 is 0 Å². The van der Waals surface area contributed by atoms with Crippen molar-refractivity contribution < 1.29 is 14.7 Å². The molecule has 25 heavy (non-hydrogen) atoms. The Kier molecular flexibility index (Phi) is 4.61. The van der Waals surface area contributed by atoms with Crippen LogP contribution in [0.2, 0.25) is 0 Å². The van der Waals surface area contributed by atoms with Gasteiger partial charge >= 0.3 is 5.97 Å². The molecule has 0 saturated heterocycles. The molecule has 1 aromatic carbocycles. The number of aryl methyl sites for hydroxylation is 1. The number of carbonyl (C=O) groups excluding carboxylic acids is 1. The molecule has 1 aliphatic rings. The first-order valence-electron chi connectivity index (χ1n) is 8.54. The van der Waals surface area contributed by atoms with Gasteiger partial charge in [0.05, 0.1) is 29.1 Å². The first kappa shape index (κ1) is 17.2. The van der Waals surface area contributed by atoms with Crippen molar-refractivity contribution in [1.29, 1.82) is 0 Å². The molecule has 1 aliphatic carbocycles. The lowest BCUT2D eigenvalue weighted by Crippen LogP contribution is -2.38. The lowest BCUT2D eigenvalue weighted by atomic mass is 10.1. The predicted molar refractivity (Wildman–Crippen MR) is 93.9 cm³/mol. The lowest BCUT2D eigenvalue weighted by Gasteiger charge is -2.24. The van der Waals surface area contributed by atoms with Crippen molar-refractivity contribution in [3.05, 3.63) is 47.3 Å². The van der Waals surface area contributed by atoms with Crippen LogP contribution in [0, 0.1) is 19.8 Å². The van der Waals surface area contributed by atoms with Crippen molar-refractivity contribution in [1.82, 2.24) is 14.7 Å². The zero-order chi connectivity index (χ0) is 18.1. The van der Waals surface area contributed by atoms with Crippen molar-refractivity contribution in [2.24, 2.45) is 5.92 Å². The van der Waals surface area contributed by atoms with Crippen LogP contribution in [-0.4, -0.2) is 44.3 Å². The normalized spacial score (nSPS) is 15.0. The number of nitrogens with zero attached hydrogens (tertiary/aromatic N) is 3. The number of aliphatic carboxylic acids is 1. The largest absolute Gasteiger partial charge is 0.481 e. The van der Waals surface area contributed by atoms with Gasteiger partial charge in [0, 0.05) is 12.6 Å². The Bertz CT molecular complexity index is 808. The third-order valence-corrected chi connectivity index (χ3v) is 4.63. The van der Waals surface area contributed by atoms with Crippen LogP contribution in [0.1, 0.15) is 41.4 Å². The van der Waals surface area contributed by atoms with E-state index in [0.29, 0.717) is 5.56 Å². The summed E-state index contributed by atoms with van der Waals surface area (Å²) < 4.78 is 1.76. The van der Waals surface area contributed by atoms with Crippen LogP contribution in [0.25, 0.3) is 5.69 Å². The van der Waals surface area contributed by atoms with Gasteiger partial charge in [-0.15, -0.1) is 0 Å². The summed E-state index contributed by atoms with van der Waals surface area (Å²) in [7, 11) is 0. The van der Waals surface area contributed by atoms with Gasteiger partial charge in [0.25, 0.3) is 5.91 Å². The summed E-state index contributed by atoms with van der Waals surface area (Å²) in [4.78, 5) is 25.9. The van der Waals surface area contributed by atoms with Crippen molar-refractivity contribution in [2.75, 3.05) is 6.54 Å². The first-order valence-corrected chi connectivity index (χ1v) is 8.54. The van der Waals surface area contributed by atoms with E-state index in [1.54, 1.807) is 22.7 Å². The van der Waals surface area contributed by atoms with E-state index >= 15 is 0 Å². The van der Waals surface area contributed by atoms with Crippen molar-refractivity contribution >= 4 is 11.9 Å². The Labute approximate surface area is 147 Å². The molecule has 6 heteroatoms. The summed E-state index contributed by atoms with van der Waals surface area (Å²) in [5, 5.41) is 13.5. The molecule has 0 bridgehead atoms. The molecule has 1 heterocycles. The van der Waals surface area contributed by atoms with Gasteiger partial charge < -0.3 is 10.0 Å². The molecule has 0 spiro atoms. The quantitative estimate of drug-likeness (QED) is 0.876.